The molecule has 0 radical (unpaired) electrons. The molecule has 2 aliphatic rings. The van der Waals surface area contributed by atoms with Crippen molar-refractivity contribution in [3.05, 3.63) is 98.1 Å². The fraction of sp³-hybridized carbons (Fsp3) is 0.276. The van der Waals surface area contributed by atoms with Crippen molar-refractivity contribution in [1.82, 2.24) is 9.66 Å². The summed E-state index contributed by atoms with van der Waals surface area (Å²) >= 11 is 0. The third-order valence-electron chi connectivity index (χ3n) is 7.10. The van der Waals surface area contributed by atoms with Crippen LogP contribution in [0.5, 0.6) is 17.2 Å². The minimum absolute atomic E-state index is 0.108. The van der Waals surface area contributed by atoms with E-state index in [0.717, 1.165) is 37.7 Å². The molecule has 2 heterocycles. The molecular weight excluding hydrogens is 500 g/mol. The fourth-order valence-electron chi connectivity index (χ4n) is 5.07. The van der Waals surface area contributed by atoms with Crippen LogP contribution in [0.15, 0.2) is 70.6 Å². The lowest BCUT2D eigenvalue weighted by molar-refractivity contribution is -0.384. The summed E-state index contributed by atoms with van der Waals surface area (Å²) in [6.45, 7) is 0.370. The standard InChI is InChI=1S/C29H26N4O6/c34-29-23-8-4-5-9-24(23)31-28(20-6-2-1-3-7-20)32(29)30-16-21-15-22(33(35)36)11-13-25(21)37-17-19-10-12-26-27(14-19)39-18-38-26/h4-5,8-16,20H,1-3,6-7,17-18H2. The van der Waals surface area contributed by atoms with Gasteiger partial charge in [0.1, 0.15) is 18.2 Å². The van der Waals surface area contributed by atoms with Crippen molar-refractivity contribution in [2.24, 2.45) is 5.10 Å². The molecule has 0 spiro atoms. The highest BCUT2D eigenvalue weighted by Crippen LogP contribution is 2.34. The van der Waals surface area contributed by atoms with E-state index in [1.807, 2.05) is 30.3 Å². The monoisotopic (exact) mass is 526 g/mol. The van der Waals surface area contributed by atoms with Gasteiger partial charge in [-0.1, -0.05) is 37.5 Å². The third-order valence-corrected chi connectivity index (χ3v) is 7.10. The highest BCUT2D eigenvalue weighted by Gasteiger charge is 2.22. The van der Waals surface area contributed by atoms with E-state index in [2.05, 4.69) is 5.10 Å². The van der Waals surface area contributed by atoms with Crippen molar-refractivity contribution in [3.63, 3.8) is 0 Å². The maximum Gasteiger partial charge on any atom is 0.282 e. The zero-order chi connectivity index (χ0) is 26.8. The van der Waals surface area contributed by atoms with Gasteiger partial charge in [-0.2, -0.15) is 9.78 Å². The van der Waals surface area contributed by atoms with E-state index in [9.17, 15) is 14.9 Å². The molecule has 39 heavy (non-hydrogen) atoms. The van der Waals surface area contributed by atoms with E-state index in [4.69, 9.17) is 19.2 Å². The zero-order valence-electron chi connectivity index (χ0n) is 21.1. The quantitative estimate of drug-likeness (QED) is 0.176. The summed E-state index contributed by atoms with van der Waals surface area (Å²) in [7, 11) is 0. The molecule has 1 aromatic heterocycles. The van der Waals surface area contributed by atoms with Gasteiger partial charge in [-0.3, -0.25) is 14.9 Å². The average Bonchev–Trinajstić information content (AvgIpc) is 3.44. The zero-order valence-corrected chi connectivity index (χ0v) is 21.1. The van der Waals surface area contributed by atoms with Gasteiger partial charge in [-0.05, 0) is 48.7 Å². The number of nitro benzene ring substituents is 1. The van der Waals surface area contributed by atoms with Crippen molar-refractivity contribution in [1.29, 1.82) is 0 Å². The Morgan fingerprint density at radius 2 is 1.87 bits per heavy atom. The number of aromatic nitrogens is 2. The topological polar surface area (TPSA) is 118 Å². The molecule has 0 atom stereocenters. The average molecular weight is 527 g/mol. The molecule has 0 N–H and O–H groups in total. The highest BCUT2D eigenvalue weighted by molar-refractivity contribution is 5.85. The minimum atomic E-state index is -0.476. The summed E-state index contributed by atoms with van der Waals surface area (Å²) in [5.41, 5.74) is 1.47. The molecule has 0 bridgehead atoms. The number of ether oxygens (including phenoxy) is 3. The molecule has 10 nitrogen and oxygen atoms in total. The number of para-hydroxylation sites is 1. The smallest absolute Gasteiger partial charge is 0.282 e. The molecule has 1 fully saturated rings. The molecule has 0 unspecified atom stereocenters. The van der Waals surface area contributed by atoms with Crippen LogP contribution in [0.25, 0.3) is 10.9 Å². The Kier molecular flexibility index (Phi) is 6.66. The van der Waals surface area contributed by atoms with Crippen molar-refractivity contribution in [2.75, 3.05) is 6.79 Å². The van der Waals surface area contributed by atoms with Crippen LogP contribution in [-0.4, -0.2) is 27.6 Å². The Morgan fingerprint density at radius 3 is 2.72 bits per heavy atom. The second-order valence-electron chi connectivity index (χ2n) is 9.64. The summed E-state index contributed by atoms with van der Waals surface area (Å²) < 4.78 is 18.2. The van der Waals surface area contributed by atoms with E-state index in [-0.39, 0.29) is 30.6 Å². The summed E-state index contributed by atoms with van der Waals surface area (Å²) in [5.74, 6) is 2.43. The van der Waals surface area contributed by atoms with Gasteiger partial charge < -0.3 is 14.2 Å². The van der Waals surface area contributed by atoms with Crippen LogP contribution in [0, 0.1) is 10.1 Å². The molecule has 1 aliphatic carbocycles. The Hall–Kier alpha value is -4.73. The molecular formula is C29H26N4O6. The van der Waals surface area contributed by atoms with E-state index >= 15 is 0 Å². The van der Waals surface area contributed by atoms with Gasteiger partial charge >= 0.3 is 0 Å². The Bertz CT molecular complexity index is 1640. The number of nitrogens with zero attached hydrogens (tertiary/aromatic N) is 4. The lowest BCUT2D eigenvalue weighted by Gasteiger charge is -2.22. The Labute approximate surface area is 223 Å². The van der Waals surface area contributed by atoms with Crippen molar-refractivity contribution in [3.8, 4) is 17.2 Å². The van der Waals surface area contributed by atoms with Gasteiger partial charge in [-0.25, -0.2) is 4.98 Å². The molecule has 6 rings (SSSR count). The largest absolute Gasteiger partial charge is 0.488 e. The SMILES string of the molecule is O=c1c2ccccc2nc(C2CCCCC2)n1N=Cc1cc([N+](=O)[O-])ccc1OCc1ccc2c(c1)OCO2. The van der Waals surface area contributed by atoms with Crippen LogP contribution >= 0.6 is 0 Å². The lowest BCUT2D eigenvalue weighted by Crippen LogP contribution is -2.25. The number of fused-ring (bicyclic) bond motifs is 2. The van der Waals surface area contributed by atoms with Gasteiger partial charge in [0, 0.05) is 23.6 Å². The van der Waals surface area contributed by atoms with Gasteiger partial charge in [0.15, 0.2) is 11.5 Å². The van der Waals surface area contributed by atoms with E-state index in [0.29, 0.717) is 39.5 Å². The number of hydrogen-bond acceptors (Lipinski definition) is 8. The van der Waals surface area contributed by atoms with E-state index < -0.39 is 4.92 Å². The highest BCUT2D eigenvalue weighted by atomic mass is 16.7. The first-order chi connectivity index (χ1) is 19.1. The van der Waals surface area contributed by atoms with Gasteiger partial charge in [0.2, 0.25) is 6.79 Å². The number of hydrogen-bond donors (Lipinski definition) is 0. The molecule has 1 saturated carbocycles. The second kappa shape index (κ2) is 10.6. The molecule has 4 aromatic rings. The summed E-state index contributed by atoms with van der Waals surface area (Å²) in [5, 5.41) is 16.5. The predicted molar refractivity (Wildman–Crippen MR) is 145 cm³/mol. The van der Waals surface area contributed by atoms with Crippen LogP contribution in [0.1, 0.15) is 55.0 Å². The fourth-order valence-corrected chi connectivity index (χ4v) is 5.07. The number of rotatable bonds is 7. The number of non-ortho nitro benzene ring substituents is 1. The van der Waals surface area contributed by atoms with Crippen molar-refractivity contribution in [2.45, 2.75) is 44.6 Å². The summed E-state index contributed by atoms with van der Waals surface area (Å²) in [4.78, 5) is 29.4. The maximum atomic E-state index is 13.5. The first kappa shape index (κ1) is 24.6. The first-order valence-corrected chi connectivity index (χ1v) is 12.9. The lowest BCUT2D eigenvalue weighted by atomic mass is 9.88. The predicted octanol–water partition coefficient (Wildman–Crippen LogP) is 5.54. The normalized spacial score (nSPS) is 15.2. The Balaban J connectivity index is 1.37. The summed E-state index contributed by atoms with van der Waals surface area (Å²) in [6.07, 6.45) is 6.60. The molecule has 3 aromatic carbocycles. The van der Waals surface area contributed by atoms with E-state index in [1.54, 1.807) is 12.1 Å². The van der Waals surface area contributed by atoms with Crippen molar-refractivity contribution < 1.29 is 19.1 Å². The van der Waals surface area contributed by atoms with E-state index in [1.165, 1.54) is 29.1 Å². The van der Waals surface area contributed by atoms with Crippen LogP contribution in [0.3, 0.4) is 0 Å². The number of nitro groups is 1. The van der Waals surface area contributed by atoms with Gasteiger partial charge in [-0.15, -0.1) is 0 Å². The first-order valence-electron chi connectivity index (χ1n) is 12.9. The van der Waals surface area contributed by atoms with Crippen molar-refractivity contribution >= 4 is 22.8 Å². The molecule has 0 saturated heterocycles. The number of benzene rings is 3. The van der Waals surface area contributed by atoms with Crippen LogP contribution in [-0.2, 0) is 6.61 Å². The van der Waals surface area contributed by atoms with Gasteiger partial charge in [0.05, 0.1) is 22.0 Å². The third kappa shape index (κ3) is 5.05. The van der Waals surface area contributed by atoms with Gasteiger partial charge in [0.25, 0.3) is 11.2 Å². The minimum Gasteiger partial charge on any atom is -0.488 e. The van der Waals surface area contributed by atoms with Crippen LogP contribution in [0.4, 0.5) is 5.69 Å². The van der Waals surface area contributed by atoms with Crippen LogP contribution in [0.2, 0.25) is 0 Å². The maximum absolute atomic E-state index is 13.5. The molecule has 0 amide bonds. The van der Waals surface area contributed by atoms with Crippen LogP contribution < -0.4 is 19.8 Å². The molecule has 1 aliphatic heterocycles. The second-order valence-corrected chi connectivity index (χ2v) is 9.64. The summed E-state index contributed by atoms with van der Waals surface area (Å²) in [6, 6.07) is 17.0. The Morgan fingerprint density at radius 1 is 1.05 bits per heavy atom. The molecule has 198 valence electrons. The molecule has 10 heteroatoms.